The maximum Gasteiger partial charge on any atom is 0.198 e. The molecule has 0 radical (unpaired) electrons. The number of ether oxygens (including phenoxy) is 6. The Hall–Kier alpha value is -3.32. The Bertz CT molecular complexity index is 1640. The maximum absolute atomic E-state index is 15.7. The van der Waals surface area contributed by atoms with Crippen molar-refractivity contribution in [1.82, 2.24) is 9.55 Å². The van der Waals surface area contributed by atoms with Gasteiger partial charge in [-0.2, -0.15) is 0 Å². The normalized spacial score (nSPS) is 23.3. The molecule has 3 aliphatic heterocycles. The van der Waals surface area contributed by atoms with Crippen molar-refractivity contribution in [2.75, 3.05) is 33.0 Å². The number of fused-ring (bicyclic) bond motifs is 2. The molecule has 4 atom stereocenters. The lowest BCUT2D eigenvalue weighted by atomic mass is 10.0. The molecular weight excluding hydrogens is 595 g/mol. The van der Waals surface area contributed by atoms with Gasteiger partial charge < -0.3 is 33.5 Å². The van der Waals surface area contributed by atoms with Gasteiger partial charge in [-0.3, -0.25) is 4.57 Å². The summed E-state index contributed by atoms with van der Waals surface area (Å²) in [6.45, 7) is 9.45. The van der Waals surface area contributed by atoms with Crippen molar-refractivity contribution in [1.29, 1.82) is 0 Å². The fraction of sp³-hybridized carbons (Fsp3) is 0.441. The van der Waals surface area contributed by atoms with E-state index in [1.165, 1.54) is 6.07 Å². The molecule has 3 fully saturated rings. The van der Waals surface area contributed by atoms with Crippen molar-refractivity contribution in [2.45, 2.75) is 62.9 Å². The molecule has 3 saturated heterocycles. The number of hydrogen-bond donors (Lipinski definition) is 1. The first-order valence-electron chi connectivity index (χ1n) is 15.5. The third-order valence-corrected chi connectivity index (χ3v) is 10.2. The Morgan fingerprint density at radius 2 is 1.58 bits per heavy atom. The number of rotatable bonds is 11. The Morgan fingerprint density at radius 1 is 0.889 bits per heavy atom. The lowest BCUT2D eigenvalue weighted by molar-refractivity contribution is -0.0796. The molecule has 2 aromatic carbocycles. The summed E-state index contributed by atoms with van der Waals surface area (Å²) in [6.07, 6.45) is -1.76. The number of hydrogen-bond acceptors (Lipinski definition) is 8. The number of halogens is 1. The van der Waals surface area contributed by atoms with E-state index in [1.807, 2.05) is 59.2 Å². The average Bonchev–Trinajstić information content (AvgIpc) is 3.67. The van der Waals surface area contributed by atoms with Crippen LogP contribution in [0.1, 0.15) is 0 Å². The molecule has 0 saturated carbocycles. The van der Waals surface area contributed by atoms with Gasteiger partial charge in [0.1, 0.15) is 42.6 Å². The first-order chi connectivity index (χ1) is 21.7. The van der Waals surface area contributed by atoms with Crippen LogP contribution in [0.5, 0.6) is 11.6 Å². The van der Waals surface area contributed by atoms with Gasteiger partial charge in [-0.15, -0.1) is 0 Å². The lowest BCUT2D eigenvalue weighted by Gasteiger charge is -2.26. The predicted molar refractivity (Wildman–Crippen MR) is 170 cm³/mol. The summed E-state index contributed by atoms with van der Waals surface area (Å²) < 4.78 is 52.6. The molecule has 0 aliphatic carbocycles. The molecule has 2 aromatic heterocycles. The molecule has 238 valence electrons. The molecule has 7 rings (SSSR count). The molecule has 5 heterocycles. The highest BCUT2D eigenvalue weighted by molar-refractivity contribution is 6.76. The van der Waals surface area contributed by atoms with Crippen LogP contribution in [-0.4, -0.2) is 86.3 Å². The summed E-state index contributed by atoms with van der Waals surface area (Å²) in [5.74, 6) is 0.874. The number of aliphatic hydroxyl groups excluding tert-OH is 1. The molecule has 45 heavy (non-hydrogen) atoms. The second-order valence-corrected chi connectivity index (χ2v) is 18.8. The summed E-state index contributed by atoms with van der Waals surface area (Å²) in [5, 5.41) is 10.2. The van der Waals surface area contributed by atoms with Gasteiger partial charge in [0, 0.05) is 32.4 Å². The Balaban J connectivity index is 1.13. The third kappa shape index (κ3) is 6.51. The van der Waals surface area contributed by atoms with Crippen LogP contribution in [0.2, 0.25) is 25.7 Å². The highest BCUT2D eigenvalue weighted by atomic mass is 28.3. The second kappa shape index (κ2) is 12.5. The van der Waals surface area contributed by atoms with Crippen LogP contribution < -0.4 is 9.47 Å². The van der Waals surface area contributed by atoms with Gasteiger partial charge in [0.2, 0.25) is 0 Å². The fourth-order valence-corrected chi connectivity index (χ4v) is 6.57. The van der Waals surface area contributed by atoms with Gasteiger partial charge in [-0.1, -0.05) is 56.0 Å². The van der Waals surface area contributed by atoms with E-state index >= 15 is 4.39 Å². The van der Waals surface area contributed by atoms with E-state index in [0.29, 0.717) is 42.3 Å². The van der Waals surface area contributed by atoms with Crippen LogP contribution in [-0.2, 0) is 25.7 Å². The van der Waals surface area contributed by atoms with E-state index in [4.69, 9.17) is 33.4 Å². The van der Waals surface area contributed by atoms with Crippen LogP contribution in [0.3, 0.4) is 0 Å². The number of nitrogens with zero attached hydrogens (tertiary/aromatic N) is 2. The first kappa shape index (κ1) is 30.3. The summed E-state index contributed by atoms with van der Waals surface area (Å²) in [4.78, 5) is 4.75. The monoisotopic (exact) mass is 634 g/mol. The van der Waals surface area contributed by atoms with E-state index < -0.39 is 32.2 Å². The van der Waals surface area contributed by atoms with Crippen LogP contribution in [0.15, 0.2) is 60.7 Å². The summed E-state index contributed by atoms with van der Waals surface area (Å²) in [7, 11) is -1.29. The molecule has 0 amide bonds. The van der Waals surface area contributed by atoms with E-state index in [1.54, 1.807) is 0 Å². The van der Waals surface area contributed by atoms with Gasteiger partial charge in [0.15, 0.2) is 17.8 Å². The number of aromatic nitrogens is 2. The summed E-state index contributed by atoms with van der Waals surface area (Å²) >= 11 is 0. The van der Waals surface area contributed by atoms with Gasteiger partial charge in [0.25, 0.3) is 0 Å². The smallest absolute Gasteiger partial charge is 0.198 e. The van der Waals surface area contributed by atoms with Crippen molar-refractivity contribution in [3.05, 3.63) is 66.5 Å². The van der Waals surface area contributed by atoms with Crippen LogP contribution in [0, 0.1) is 5.82 Å². The Kier molecular flexibility index (Phi) is 8.40. The average molecular weight is 635 g/mol. The molecule has 0 spiro atoms. The summed E-state index contributed by atoms with van der Waals surface area (Å²) in [6, 6.07) is 20.0. The first-order valence-corrected chi connectivity index (χ1v) is 19.2. The SMILES string of the molecule is C[Si](C)(C)CCOCn1c(O[C@@H]2CO[C@H]3[C@@H]2OC[C@H]3O)cc2nc(-c3ccc(-c4ccc(OC5COC5)cc4)cc3)c(F)cc21. The minimum absolute atomic E-state index is 0.122. The molecule has 0 unspecified atom stereocenters. The lowest BCUT2D eigenvalue weighted by Crippen LogP contribution is -2.38. The molecule has 11 heteroatoms. The third-order valence-electron chi connectivity index (χ3n) is 8.53. The minimum atomic E-state index is -1.29. The van der Waals surface area contributed by atoms with E-state index in [9.17, 15) is 5.11 Å². The van der Waals surface area contributed by atoms with Crippen LogP contribution >= 0.6 is 0 Å². The topological polar surface area (TPSA) is 93.4 Å². The quantitative estimate of drug-likeness (QED) is 0.171. The van der Waals surface area contributed by atoms with Crippen molar-refractivity contribution in [3.8, 4) is 34.0 Å². The van der Waals surface area contributed by atoms with E-state index in [-0.39, 0.29) is 37.8 Å². The molecule has 4 aromatic rings. The molecule has 0 bridgehead atoms. The molecule has 3 aliphatic rings. The van der Waals surface area contributed by atoms with Crippen molar-refractivity contribution in [2.24, 2.45) is 0 Å². The zero-order chi connectivity index (χ0) is 31.1. The highest BCUT2D eigenvalue weighted by Crippen LogP contribution is 2.35. The second-order valence-electron chi connectivity index (χ2n) is 13.2. The predicted octanol–water partition coefficient (Wildman–Crippen LogP) is 5.51. The Morgan fingerprint density at radius 3 is 2.27 bits per heavy atom. The van der Waals surface area contributed by atoms with Gasteiger partial charge in [0.05, 0.1) is 37.5 Å². The molecule has 9 nitrogen and oxygen atoms in total. The number of benzene rings is 2. The van der Waals surface area contributed by atoms with E-state index in [0.717, 1.165) is 22.9 Å². The molecular formula is C34H39FN2O7Si. The van der Waals surface area contributed by atoms with Crippen molar-refractivity contribution >= 4 is 19.1 Å². The van der Waals surface area contributed by atoms with Crippen molar-refractivity contribution < 1.29 is 37.9 Å². The van der Waals surface area contributed by atoms with E-state index in [2.05, 4.69) is 19.6 Å². The fourth-order valence-electron chi connectivity index (χ4n) is 5.82. The number of aliphatic hydroxyl groups is 1. The maximum atomic E-state index is 15.7. The minimum Gasteiger partial charge on any atom is -0.486 e. The van der Waals surface area contributed by atoms with Crippen LogP contribution in [0.4, 0.5) is 4.39 Å². The Labute approximate surface area is 262 Å². The zero-order valence-electron chi connectivity index (χ0n) is 25.8. The largest absolute Gasteiger partial charge is 0.486 e. The highest BCUT2D eigenvalue weighted by Gasteiger charge is 2.48. The molecule has 1 N–H and O–H groups in total. The summed E-state index contributed by atoms with van der Waals surface area (Å²) in [5.41, 5.74) is 4.14. The standard InChI is InChI=1S/C34H39FN2O7Si/c1-45(2,3)13-12-39-20-37-28-14-26(35)32(36-27(28)15-31(37)44-30-19-42-33-29(38)18-41-34(30)33)23-6-4-21(5-7-23)22-8-10-24(11-9-22)43-25-16-40-17-25/h4-11,14-15,25,29-30,33-34,38H,12-13,16-20H2,1-3H3/t29-,30-,33-,34-/m1/s1. The van der Waals surface area contributed by atoms with Crippen LogP contribution in [0.25, 0.3) is 33.4 Å². The van der Waals surface area contributed by atoms with Crippen molar-refractivity contribution in [3.63, 3.8) is 0 Å². The van der Waals surface area contributed by atoms with Gasteiger partial charge in [-0.05, 0) is 29.3 Å². The zero-order valence-corrected chi connectivity index (χ0v) is 26.8. The van der Waals surface area contributed by atoms with Gasteiger partial charge in [-0.25, -0.2) is 9.37 Å². The van der Waals surface area contributed by atoms with Gasteiger partial charge >= 0.3 is 0 Å². The number of pyridine rings is 1.